The fraction of sp³-hybridized carbons (Fsp3) is 0.529. The number of benzene rings is 1. The van der Waals surface area contributed by atoms with E-state index in [0.29, 0.717) is 4.77 Å². The summed E-state index contributed by atoms with van der Waals surface area (Å²) in [6, 6.07) is 7.91. The highest BCUT2D eigenvalue weighted by molar-refractivity contribution is 7.71. The van der Waals surface area contributed by atoms with Crippen LogP contribution in [0.15, 0.2) is 24.3 Å². The standard InChI is InChI=1S/C17H24ClN3S/c1-2-3-4-5-6-7-11-21-16(19-20-17(21)22)13-14-9-8-10-15(18)12-14/h8-10,12H,2-7,11,13H2,1H3,(H,20,22). The lowest BCUT2D eigenvalue weighted by Gasteiger charge is -2.07. The molecule has 5 heteroatoms. The Labute approximate surface area is 142 Å². The van der Waals surface area contributed by atoms with Crippen LogP contribution in [0.3, 0.4) is 0 Å². The van der Waals surface area contributed by atoms with Crippen LogP contribution in [0.4, 0.5) is 0 Å². The van der Waals surface area contributed by atoms with Crippen molar-refractivity contribution >= 4 is 23.8 Å². The molecular weight excluding hydrogens is 314 g/mol. The summed E-state index contributed by atoms with van der Waals surface area (Å²) in [4.78, 5) is 0. The van der Waals surface area contributed by atoms with Gasteiger partial charge < -0.3 is 4.57 Å². The van der Waals surface area contributed by atoms with Crippen LogP contribution < -0.4 is 0 Å². The van der Waals surface area contributed by atoms with E-state index in [1.54, 1.807) is 0 Å². The summed E-state index contributed by atoms with van der Waals surface area (Å²) in [6.45, 7) is 3.18. The third kappa shape index (κ3) is 5.25. The molecule has 0 radical (unpaired) electrons. The van der Waals surface area contributed by atoms with Crippen LogP contribution in [0.1, 0.15) is 56.8 Å². The molecule has 120 valence electrons. The molecule has 1 aromatic heterocycles. The van der Waals surface area contributed by atoms with Crippen LogP contribution >= 0.6 is 23.8 Å². The Morgan fingerprint density at radius 1 is 1.18 bits per heavy atom. The molecule has 0 spiro atoms. The van der Waals surface area contributed by atoms with Gasteiger partial charge in [-0.2, -0.15) is 5.10 Å². The van der Waals surface area contributed by atoms with E-state index in [1.807, 2.05) is 18.2 Å². The van der Waals surface area contributed by atoms with Crippen molar-refractivity contribution in [3.63, 3.8) is 0 Å². The lowest BCUT2D eigenvalue weighted by Crippen LogP contribution is -2.05. The Hall–Kier alpha value is -1.13. The van der Waals surface area contributed by atoms with Gasteiger partial charge in [-0.3, -0.25) is 5.10 Å². The fourth-order valence-electron chi connectivity index (χ4n) is 2.60. The number of aromatic amines is 1. The first-order chi connectivity index (χ1) is 10.7. The van der Waals surface area contributed by atoms with Gasteiger partial charge in [-0.05, 0) is 36.3 Å². The number of H-pyrrole nitrogens is 1. The molecule has 0 saturated carbocycles. The lowest BCUT2D eigenvalue weighted by molar-refractivity contribution is 0.545. The summed E-state index contributed by atoms with van der Waals surface area (Å²) < 4.78 is 2.83. The highest BCUT2D eigenvalue weighted by atomic mass is 35.5. The number of nitrogens with one attached hydrogen (secondary N) is 1. The first kappa shape index (κ1) is 17.2. The Morgan fingerprint density at radius 2 is 1.95 bits per heavy atom. The highest BCUT2D eigenvalue weighted by Gasteiger charge is 2.07. The molecule has 1 N–H and O–H groups in total. The molecule has 0 fully saturated rings. The van der Waals surface area contributed by atoms with Gasteiger partial charge in [0.25, 0.3) is 0 Å². The molecule has 2 aromatic rings. The lowest BCUT2D eigenvalue weighted by atomic mass is 10.1. The predicted molar refractivity (Wildman–Crippen MR) is 95.0 cm³/mol. The van der Waals surface area contributed by atoms with E-state index in [1.165, 1.54) is 32.1 Å². The summed E-state index contributed by atoms with van der Waals surface area (Å²) in [6.07, 6.45) is 8.43. The Kier molecular flexibility index (Phi) is 7.13. The highest BCUT2D eigenvalue weighted by Crippen LogP contribution is 2.15. The van der Waals surface area contributed by atoms with Gasteiger partial charge in [0.1, 0.15) is 5.82 Å². The van der Waals surface area contributed by atoms with E-state index in [2.05, 4.69) is 27.8 Å². The first-order valence-corrected chi connectivity index (χ1v) is 8.88. The van der Waals surface area contributed by atoms with Gasteiger partial charge in [-0.1, -0.05) is 62.8 Å². The molecule has 0 aliphatic rings. The molecular formula is C17H24ClN3S. The zero-order valence-corrected chi connectivity index (χ0v) is 14.7. The average Bonchev–Trinajstić information content (AvgIpc) is 2.83. The van der Waals surface area contributed by atoms with Gasteiger partial charge in [0.2, 0.25) is 0 Å². The Bertz CT molecular complexity index is 633. The average molecular weight is 338 g/mol. The molecule has 0 atom stereocenters. The maximum atomic E-state index is 6.04. The largest absolute Gasteiger partial charge is 0.304 e. The molecule has 0 unspecified atom stereocenters. The smallest absolute Gasteiger partial charge is 0.195 e. The predicted octanol–water partition coefficient (Wildman–Crippen LogP) is 5.55. The number of unbranched alkanes of at least 4 members (excludes halogenated alkanes) is 5. The molecule has 0 aliphatic heterocycles. The molecule has 0 aliphatic carbocycles. The van der Waals surface area contributed by atoms with Gasteiger partial charge in [0.05, 0.1) is 0 Å². The minimum absolute atomic E-state index is 0.714. The van der Waals surface area contributed by atoms with Crippen LogP contribution in [0, 0.1) is 4.77 Å². The second kappa shape index (κ2) is 9.11. The fourth-order valence-corrected chi connectivity index (χ4v) is 3.05. The monoisotopic (exact) mass is 337 g/mol. The van der Waals surface area contributed by atoms with Gasteiger partial charge >= 0.3 is 0 Å². The molecule has 1 aromatic carbocycles. The second-order valence-corrected chi connectivity index (χ2v) is 6.49. The van der Waals surface area contributed by atoms with E-state index in [0.717, 1.165) is 35.8 Å². The van der Waals surface area contributed by atoms with Gasteiger partial charge in [-0.15, -0.1) is 0 Å². The van der Waals surface area contributed by atoms with Crippen LogP contribution in [0.25, 0.3) is 0 Å². The third-order valence-electron chi connectivity index (χ3n) is 3.82. The first-order valence-electron chi connectivity index (χ1n) is 8.09. The minimum Gasteiger partial charge on any atom is -0.304 e. The number of aromatic nitrogens is 3. The van der Waals surface area contributed by atoms with Gasteiger partial charge in [0, 0.05) is 18.0 Å². The van der Waals surface area contributed by atoms with Crippen LogP contribution in [-0.2, 0) is 13.0 Å². The number of hydrogen-bond donors (Lipinski definition) is 1. The summed E-state index contributed by atoms with van der Waals surface area (Å²) in [5.74, 6) is 0.987. The molecule has 22 heavy (non-hydrogen) atoms. The molecule has 1 heterocycles. The number of rotatable bonds is 9. The SMILES string of the molecule is CCCCCCCCn1c(Cc2cccc(Cl)c2)n[nH]c1=S. The summed E-state index contributed by atoms with van der Waals surface area (Å²) >= 11 is 11.4. The van der Waals surface area contributed by atoms with Crippen molar-refractivity contribution in [3.8, 4) is 0 Å². The molecule has 0 saturated heterocycles. The van der Waals surface area contributed by atoms with E-state index < -0.39 is 0 Å². The van der Waals surface area contributed by atoms with Crippen molar-refractivity contribution in [2.75, 3.05) is 0 Å². The maximum absolute atomic E-state index is 6.04. The number of nitrogens with zero attached hydrogens (tertiary/aromatic N) is 2. The Balaban J connectivity index is 1.92. The normalized spacial score (nSPS) is 11.0. The number of hydrogen-bond acceptors (Lipinski definition) is 2. The van der Waals surface area contributed by atoms with Crippen LogP contribution in [-0.4, -0.2) is 14.8 Å². The second-order valence-electron chi connectivity index (χ2n) is 5.67. The molecule has 0 amide bonds. The third-order valence-corrected chi connectivity index (χ3v) is 4.37. The summed E-state index contributed by atoms with van der Waals surface area (Å²) in [5.41, 5.74) is 1.16. The van der Waals surface area contributed by atoms with E-state index >= 15 is 0 Å². The van der Waals surface area contributed by atoms with E-state index in [9.17, 15) is 0 Å². The van der Waals surface area contributed by atoms with Crippen LogP contribution in [0.5, 0.6) is 0 Å². The topological polar surface area (TPSA) is 33.6 Å². The molecule has 0 bridgehead atoms. The van der Waals surface area contributed by atoms with Crippen molar-refractivity contribution in [3.05, 3.63) is 45.4 Å². The number of halogens is 1. The van der Waals surface area contributed by atoms with Crippen molar-refractivity contribution in [2.45, 2.75) is 58.4 Å². The van der Waals surface area contributed by atoms with E-state index in [-0.39, 0.29) is 0 Å². The van der Waals surface area contributed by atoms with E-state index in [4.69, 9.17) is 23.8 Å². The maximum Gasteiger partial charge on any atom is 0.195 e. The van der Waals surface area contributed by atoms with Crippen molar-refractivity contribution in [2.24, 2.45) is 0 Å². The summed E-state index contributed by atoms with van der Waals surface area (Å²) in [5, 5.41) is 8.05. The van der Waals surface area contributed by atoms with Gasteiger partial charge in [0.15, 0.2) is 4.77 Å². The molecule has 2 rings (SSSR count). The van der Waals surface area contributed by atoms with Crippen molar-refractivity contribution < 1.29 is 0 Å². The molecule has 3 nitrogen and oxygen atoms in total. The Morgan fingerprint density at radius 3 is 2.73 bits per heavy atom. The zero-order chi connectivity index (χ0) is 15.8. The quantitative estimate of drug-likeness (QED) is 0.481. The van der Waals surface area contributed by atoms with Gasteiger partial charge in [-0.25, -0.2) is 0 Å². The zero-order valence-electron chi connectivity index (χ0n) is 13.1. The minimum atomic E-state index is 0.714. The summed E-state index contributed by atoms with van der Waals surface area (Å²) in [7, 11) is 0. The van der Waals surface area contributed by atoms with Crippen LogP contribution in [0.2, 0.25) is 5.02 Å². The van der Waals surface area contributed by atoms with Crippen molar-refractivity contribution in [1.82, 2.24) is 14.8 Å². The van der Waals surface area contributed by atoms with Crippen molar-refractivity contribution in [1.29, 1.82) is 0 Å².